The van der Waals surface area contributed by atoms with Gasteiger partial charge in [-0.25, -0.2) is 0 Å². The van der Waals surface area contributed by atoms with Gasteiger partial charge in [-0.15, -0.1) is 0 Å². The van der Waals surface area contributed by atoms with Crippen LogP contribution in [0.1, 0.15) is 71.2 Å². The van der Waals surface area contributed by atoms with E-state index in [-0.39, 0.29) is 51.0 Å². The minimum absolute atomic E-state index is 0.0998. The van der Waals surface area contributed by atoms with Crippen molar-refractivity contribution in [1.82, 2.24) is 0 Å². The van der Waals surface area contributed by atoms with Crippen molar-refractivity contribution in [3.8, 4) is 0 Å². The monoisotopic (exact) mass is 771 g/mol. The normalized spacial score (nSPS) is 38.5. The van der Waals surface area contributed by atoms with Crippen LogP contribution in [0.25, 0.3) is 0 Å². The summed E-state index contributed by atoms with van der Waals surface area (Å²) in [7, 11) is 0. The van der Waals surface area contributed by atoms with Gasteiger partial charge in [-0.3, -0.25) is 0 Å². The van der Waals surface area contributed by atoms with Gasteiger partial charge in [0.1, 0.15) is 0 Å². The number of aliphatic hydroxyl groups excluding tert-OH is 2. The van der Waals surface area contributed by atoms with Crippen LogP contribution in [0.15, 0.2) is 41.5 Å². The number of hydrogen-bond acceptors (Lipinski definition) is 10. The predicted octanol–water partition coefficient (Wildman–Crippen LogP) is 0.307. The van der Waals surface area contributed by atoms with Gasteiger partial charge < -0.3 is 0 Å². The minimum atomic E-state index is -2.32. The number of carbonyl (C=O) groups excluding carboxylic acids is 3. The van der Waals surface area contributed by atoms with Crippen molar-refractivity contribution in [1.29, 1.82) is 0 Å². The third kappa shape index (κ3) is 5.43. The molecule has 9 atom stereocenters. The Morgan fingerprint density at radius 3 is 2.35 bits per heavy atom. The number of carbonyl (C=O) groups is 3. The molecule has 5 rings (SSSR count). The van der Waals surface area contributed by atoms with Crippen LogP contribution in [0.2, 0.25) is 13.1 Å². The van der Waals surface area contributed by atoms with Crippen molar-refractivity contribution in [2.75, 3.05) is 11.0 Å². The molecule has 3 N–H and O–H groups in total. The summed E-state index contributed by atoms with van der Waals surface area (Å²) in [6.07, 6.45) is -4.95. The van der Waals surface area contributed by atoms with Gasteiger partial charge in [0.15, 0.2) is 0 Å². The van der Waals surface area contributed by atoms with E-state index in [1.807, 2.05) is 0 Å². The average molecular weight is 772 g/mol. The molecule has 0 radical (unpaired) electrons. The van der Waals surface area contributed by atoms with Gasteiger partial charge >= 0.3 is 283 Å². The van der Waals surface area contributed by atoms with E-state index in [0.717, 1.165) is 10.8 Å². The fraction of sp³-hybridized carbons (Fsp3) is 0.676. The molecule has 1 heterocycles. The number of Topliss-reactive ketones (excluding diaryl/α,β-unsaturated/α-hetero) is 1. The fourth-order valence-corrected chi connectivity index (χ4v) is 17.2. The molecule has 0 aromatic heterocycles. The van der Waals surface area contributed by atoms with Crippen LogP contribution in [-0.4, -0.2) is 91.6 Å². The van der Waals surface area contributed by atoms with Crippen molar-refractivity contribution in [2.45, 2.75) is 116 Å². The molecule has 0 spiro atoms. The Hall–Kier alpha value is -1.68. The van der Waals surface area contributed by atoms with E-state index in [2.05, 4.69) is 20.0 Å². The molecule has 12 heteroatoms. The molecular weight excluding hydrogens is 723 g/mol. The first-order chi connectivity index (χ1) is 21.4. The molecule has 2 bridgehead atoms. The molecule has 2 saturated carbocycles. The van der Waals surface area contributed by atoms with Gasteiger partial charge in [0.05, 0.1) is 0 Å². The Balaban J connectivity index is 1.81. The van der Waals surface area contributed by atoms with Crippen LogP contribution in [0, 0.1) is 16.7 Å². The number of fused-ring (bicyclic) bond motifs is 5. The number of benzene rings is 1. The maximum atomic E-state index is 15.1. The van der Waals surface area contributed by atoms with E-state index >= 15 is 4.79 Å². The number of ether oxygens (including phenoxy) is 3. The molecule has 1 aromatic rings. The number of esters is 2. The Morgan fingerprint density at radius 1 is 1.13 bits per heavy atom. The molecule has 1 aromatic carbocycles. The molecule has 0 amide bonds. The van der Waals surface area contributed by atoms with Crippen molar-refractivity contribution in [3.63, 3.8) is 0 Å². The summed E-state index contributed by atoms with van der Waals surface area (Å²) in [4.78, 5) is 41.9. The second-order valence-electron chi connectivity index (χ2n) is 14.5. The summed E-state index contributed by atoms with van der Waals surface area (Å²) in [5.41, 5.74) is -5.65. The van der Waals surface area contributed by atoms with Crippen molar-refractivity contribution in [2.24, 2.45) is 16.7 Å². The van der Waals surface area contributed by atoms with Crippen LogP contribution >= 0.6 is 0 Å². The number of alkyl halides is 1. The zero-order valence-electron chi connectivity index (χ0n) is 28.0. The summed E-state index contributed by atoms with van der Waals surface area (Å²) in [5, 5.41) is 36.5. The summed E-state index contributed by atoms with van der Waals surface area (Å²) >= 11 is -0.337. The molecule has 46 heavy (non-hydrogen) atoms. The summed E-state index contributed by atoms with van der Waals surface area (Å²) in [6, 6.07) is 8.33. The number of hydrogen-bond donors (Lipinski definition) is 3. The van der Waals surface area contributed by atoms with E-state index < -0.39 is 82.0 Å². The Kier molecular flexibility index (Phi) is 9.55. The first kappa shape index (κ1) is 35.6. The van der Waals surface area contributed by atoms with Crippen molar-refractivity contribution in [3.05, 3.63) is 47.0 Å². The third-order valence-electron chi connectivity index (χ3n) is 10.9. The fourth-order valence-electron chi connectivity index (χ4n) is 8.50. The van der Waals surface area contributed by atoms with Gasteiger partial charge in [0, 0.05) is 0 Å². The Labute approximate surface area is 281 Å². The zero-order chi connectivity index (χ0) is 34.0. The van der Waals surface area contributed by atoms with Gasteiger partial charge in [-0.2, -0.15) is 0 Å². The number of halogens is 1. The standard InChI is InChI=1S/C34H48IO10Si/c1-9-15-35-46(7,8)45-23-16-24-33(18-42-24,44-20(3)36)27-29(43-30(40)21-13-11-10-12-14-21)34(41)17-22(37)19(2)25(31(34,4)5)26(38)28(39)32(23,27)6/h10-14,22-24,26-27,29,37-38,41H,9,15-18H2,1-8H3/q-1/t22-,23-,24+,26+,27?,29?,32+,33-,34+/m0/s1. The van der Waals surface area contributed by atoms with Crippen LogP contribution in [0.5, 0.6) is 0 Å². The van der Waals surface area contributed by atoms with Crippen LogP contribution in [-0.2, 0) is 28.2 Å². The second kappa shape index (κ2) is 12.3. The predicted molar refractivity (Wildman–Crippen MR) is 167 cm³/mol. The molecule has 1 saturated heterocycles. The van der Waals surface area contributed by atoms with E-state index in [1.54, 1.807) is 58.0 Å². The number of aliphatic hydroxyl groups is 3. The van der Waals surface area contributed by atoms with Crippen LogP contribution in [0.4, 0.5) is 0 Å². The number of rotatable bonds is 8. The van der Waals surface area contributed by atoms with Crippen LogP contribution < -0.4 is 20.4 Å². The topological polar surface area (TPSA) is 149 Å². The molecule has 256 valence electrons. The van der Waals surface area contributed by atoms with Gasteiger partial charge in [0.25, 0.3) is 0 Å². The van der Waals surface area contributed by atoms with Crippen molar-refractivity contribution < 1.29 is 68.8 Å². The zero-order valence-corrected chi connectivity index (χ0v) is 31.1. The molecule has 1 aliphatic heterocycles. The van der Waals surface area contributed by atoms with Crippen molar-refractivity contribution >= 4 is 23.5 Å². The van der Waals surface area contributed by atoms with E-state index in [9.17, 15) is 24.9 Å². The molecule has 2 unspecified atom stereocenters. The molecule has 4 aliphatic rings. The summed E-state index contributed by atoms with van der Waals surface area (Å²) in [6.45, 7) is 14.3. The molecule has 10 nitrogen and oxygen atoms in total. The first-order valence-electron chi connectivity index (χ1n) is 16.1. The van der Waals surface area contributed by atoms with E-state index in [1.165, 1.54) is 6.92 Å². The third-order valence-corrected chi connectivity index (χ3v) is 21.6. The SMILES string of the molecule is CCC[I-][Si](C)(C)O[C@H]1C[C@H]2OC[C@@]2(OC(C)=O)C2C(OC(=O)c3ccccc3)[C@]3(O)C[C@H](O)C(C)=C([C@@H](O)C(=O)[C@@]21C)C3(C)C. The average Bonchev–Trinajstić information content (AvgIpc) is 2.98. The Morgan fingerprint density at radius 2 is 1.78 bits per heavy atom. The van der Waals surface area contributed by atoms with Crippen LogP contribution in [0.3, 0.4) is 0 Å². The quantitative estimate of drug-likeness (QED) is 0.0843. The molecule has 3 aliphatic carbocycles. The van der Waals surface area contributed by atoms with Gasteiger partial charge in [0.2, 0.25) is 0 Å². The van der Waals surface area contributed by atoms with E-state index in [4.69, 9.17) is 18.6 Å². The maximum absolute atomic E-state index is 15.1. The molecular formula is C34H48IO10Si-. The second-order valence-corrected chi connectivity index (χ2v) is 28.9. The van der Waals surface area contributed by atoms with Gasteiger partial charge in [-0.1, -0.05) is 0 Å². The Bertz CT molecular complexity index is 1410. The van der Waals surface area contributed by atoms with Gasteiger partial charge in [-0.05, 0) is 0 Å². The summed E-state index contributed by atoms with van der Waals surface area (Å²) < 4.78 is 26.7. The number of ketones is 1. The van der Waals surface area contributed by atoms with E-state index in [0.29, 0.717) is 5.57 Å². The first-order valence-corrected chi connectivity index (χ1v) is 23.6. The molecule has 3 fully saturated rings. The summed E-state index contributed by atoms with van der Waals surface area (Å²) in [5.74, 6) is -5.45.